The molecule has 0 unspecified atom stereocenters. The molecule has 0 aliphatic rings. The van der Waals surface area contributed by atoms with Gasteiger partial charge in [0.25, 0.3) is 0 Å². The van der Waals surface area contributed by atoms with Crippen LogP contribution in [0.15, 0.2) is 18.2 Å². The number of para-hydroxylation sites is 1. The molecule has 0 bridgehead atoms. The highest BCUT2D eigenvalue weighted by atomic mass is 19.1. The normalized spacial score (nSPS) is 9.62. The average Bonchev–Trinajstić information content (AvgIpc) is 2.25. The molecule has 0 aliphatic carbocycles. The lowest BCUT2D eigenvalue weighted by Crippen LogP contribution is -2.21. The highest BCUT2D eigenvalue weighted by Crippen LogP contribution is 2.23. The number of halogens is 1. The second kappa shape index (κ2) is 5.26. The molecule has 0 heterocycles. The maximum absolute atomic E-state index is 13.6. The molecule has 0 fully saturated rings. The maximum Gasteiger partial charge on any atom is 0.161 e. The van der Waals surface area contributed by atoms with Crippen molar-refractivity contribution in [3.63, 3.8) is 0 Å². The minimum atomic E-state index is -0.437. The Morgan fingerprint density at radius 1 is 1.56 bits per heavy atom. The van der Waals surface area contributed by atoms with Crippen LogP contribution in [0, 0.1) is 17.1 Å². The van der Waals surface area contributed by atoms with Crippen LogP contribution in [0.3, 0.4) is 0 Å². The van der Waals surface area contributed by atoms with Gasteiger partial charge in [-0.25, -0.2) is 4.39 Å². The Morgan fingerprint density at radius 3 is 2.81 bits per heavy atom. The largest absolute Gasteiger partial charge is 0.371 e. The fraction of sp³-hybridized carbons (Fsp3) is 0.333. The van der Waals surface area contributed by atoms with Crippen LogP contribution in [-0.4, -0.2) is 19.4 Å². The van der Waals surface area contributed by atoms with Crippen LogP contribution in [0.5, 0.6) is 0 Å². The van der Waals surface area contributed by atoms with Crippen molar-refractivity contribution in [2.24, 2.45) is 0 Å². The van der Waals surface area contributed by atoms with E-state index < -0.39 is 5.82 Å². The molecule has 3 nitrogen and oxygen atoms in total. The Bertz CT molecular complexity index is 437. The molecule has 1 aromatic rings. The van der Waals surface area contributed by atoms with E-state index in [1.54, 1.807) is 18.0 Å². The first-order valence-electron chi connectivity index (χ1n) is 4.95. The van der Waals surface area contributed by atoms with Crippen LogP contribution in [0.4, 0.5) is 10.1 Å². The Balaban J connectivity index is 3.10. The summed E-state index contributed by atoms with van der Waals surface area (Å²) in [6, 6.07) is 6.39. The summed E-state index contributed by atoms with van der Waals surface area (Å²) in [5.41, 5.74) is 0.616. The summed E-state index contributed by atoms with van der Waals surface area (Å²) in [7, 11) is 1.67. The van der Waals surface area contributed by atoms with Crippen molar-refractivity contribution in [2.45, 2.75) is 13.3 Å². The number of nitriles is 1. The zero-order valence-corrected chi connectivity index (χ0v) is 9.33. The third-order valence-electron chi connectivity index (χ3n) is 2.31. The molecule has 0 spiro atoms. The molecule has 1 aromatic carbocycles. The minimum absolute atomic E-state index is 0.182. The van der Waals surface area contributed by atoms with E-state index in [1.165, 1.54) is 19.1 Å². The number of rotatable bonds is 4. The van der Waals surface area contributed by atoms with Gasteiger partial charge >= 0.3 is 0 Å². The summed E-state index contributed by atoms with van der Waals surface area (Å²) in [6.45, 7) is 1.80. The number of hydrogen-bond donors (Lipinski definition) is 0. The fourth-order valence-electron chi connectivity index (χ4n) is 1.52. The highest BCUT2D eigenvalue weighted by Gasteiger charge is 2.15. The third-order valence-corrected chi connectivity index (χ3v) is 2.31. The molecular formula is C12H13FN2O. The van der Waals surface area contributed by atoms with Crippen molar-refractivity contribution in [2.75, 3.05) is 18.5 Å². The molecular weight excluding hydrogens is 207 g/mol. The van der Waals surface area contributed by atoms with Gasteiger partial charge < -0.3 is 4.90 Å². The second-order valence-corrected chi connectivity index (χ2v) is 3.52. The first-order valence-corrected chi connectivity index (χ1v) is 4.95. The van der Waals surface area contributed by atoms with Gasteiger partial charge in [-0.15, -0.1) is 0 Å². The number of hydrogen-bond acceptors (Lipinski definition) is 3. The lowest BCUT2D eigenvalue weighted by molar-refractivity contribution is 0.101. The molecule has 0 atom stereocenters. The van der Waals surface area contributed by atoms with Crippen LogP contribution < -0.4 is 4.90 Å². The summed E-state index contributed by atoms with van der Waals surface area (Å²) in [6.07, 6.45) is 0.294. The van der Waals surface area contributed by atoms with Crippen molar-refractivity contribution >= 4 is 11.5 Å². The zero-order chi connectivity index (χ0) is 12.1. The van der Waals surface area contributed by atoms with E-state index in [1.807, 2.05) is 6.07 Å². The van der Waals surface area contributed by atoms with Gasteiger partial charge in [-0.3, -0.25) is 4.79 Å². The monoisotopic (exact) mass is 220 g/mol. The number of benzene rings is 1. The predicted octanol–water partition coefficient (Wildman–Crippen LogP) is 2.38. The average molecular weight is 220 g/mol. The Morgan fingerprint density at radius 2 is 2.25 bits per heavy atom. The summed E-state index contributed by atoms with van der Waals surface area (Å²) >= 11 is 0. The smallest absolute Gasteiger partial charge is 0.161 e. The topological polar surface area (TPSA) is 44.1 Å². The summed E-state index contributed by atoms with van der Waals surface area (Å²) in [5, 5.41) is 8.47. The van der Waals surface area contributed by atoms with Gasteiger partial charge in [0.05, 0.1) is 18.2 Å². The number of Topliss-reactive ketones (excluding diaryl/α,β-unsaturated/α-hetero) is 1. The van der Waals surface area contributed by atoms with Crippen LogP contribution in [0.25, 0.3) is 0 Å². The first-order chi connectivity index (χ1) is 7.57. The van der Waals surface area contributed by atoms with Gasteiger partial charge in [-0.05, 0) is 19.1 Å². The molecule has 16 heavy (non-hydrogen) atoms. The first kappa shape index (κ1) is 12.2. The molecule has 0 amide bonds. The van der Waals surface area contributed by atoms with Crippen LogP contribution in [-0.2, 0) is 0 Å². The second-order valence-electron chi connectivity index (χ2n) is 3.52. The molecule has 0 radical (unpaired) electrons. The van der Waals surface area contributed by atoms with Crippen LogP contribution >= 0.6 is 0 Å². The van der Waals surface area contributed by atoms with Crippen molar-refractivity contribution < 1.29 is 9.18 Å². The van der Waals surface area contributed by atoms with E-state index in [-0.39, 0.29) is 11.5 Å². The molecule has 1 rings (SSSR count). The van der Waals surface area contributed by atoms with Crippen molar-refractivity contribution in [1.29, 1.82) is 5.26 Å². The maximum atomic E-state index is 13.6. The number of carbonyl (C=O) groups is 1. The van der Waals surface area contributed by atoms with Gasteiger partial charge in [-0.2, -0.15) is 5.26 Å². The van der Waals surface area contributed by atoms with Crippen molar-refractivity contribution in [1.82, 2.24) is 0 Å². The summed E-state index contributed by atoms with van der Waals surface area (Å²) in [4.78, 5) is 12.9. The van der Waals surface area contributed by atoms with E-state index in [9.17, 15) is 9.18 Å². The SMILES string of the molecule is CC(=O)c1cccc(F)c1N(C)CCC#N. The summed E-state index contributed by atoms with van der Waals surface area (Å²) < 4.78 is 13.6. The minimum Gasteiger partial charge on any atom is -0.371 e. The summed E-state index contributed by atoms with van der Waals surface area (Å²) in [5.74, 6) is -0.619. The van der Waals surface area contributed by atoms with Crippen molar-refractivity contribution in [3.05, 3.63) is 29.6 Å². The van der Waals surface area contributed by atoms with Gasteiger partial charge in [0.1, 0.15) is 5.82 Å². The van der Waals surface area contributed by atoms with E-state index in [0.29, 0.717) is 18.5 Å². The molecule has 0 aliphatic heterocycles. The fourth-order valence-corrected chi connectivity index (χ4v) is 1.52. The Hall–Kier alpha value is -1.89. The standard InChI is InChI=1S/C12H13FN2O/c1-9(16)10-5-3-6-11(13)12(10)15(2)8-4-7-14/h3,5-6H,4,8H2,1-2H3. The molecule has 0 saturated carbocycles. The lowest BCUT2D eigenvalue weighted by atomic mass is 10.1. The van der Waals surface area contributed by atoms with Gasteiger partial charge in [0, 0.05) is 19.2 Å². The van der Waals surface area contributed by atoms with Crippen LogP contribution in [0.2, 0.25) is 0 Å². The zero-order valence-electron chi connectivity index (χ0n) is 9.33. The third kappa shape index (κ3) is 2.57. The molecule has 0 saturated heterocycles. The van der Waals surface area contributed by atoms with Gasteiger partial charge in [-0.1, -0.05) is 6.07 Å². The van der Waals surface area contributed by atoms with Gasteiger partial charge in [0.2, 0.25) is 0 Å². The molecule has 0 aromatic heterocycles. The number of ketones is 1. The number of nitrogens with zero attached hydrogens (tertiary/aromatic N) is 2. The molecule has 4 heteroatoms. The van der Waals surface area contributed by atoms with E-state index in [4.69, 9.17) is 5.26 Å². The number of anilines is 1. The lowest BCUT2D eigenvalue weighted by Gasteiger charge is -2.20. The number of carbonyl (C=O) groups excluding carboxylic acids is 1. The van der Waals surface area contributed by atoms with E-state index >= 15 is 0 Å². The Kier molecular flexibility index (Phi) is 4.01. The quantitative estimate of drug-likeness (QED) is 0.732. The van der Waals surface area contributed by atoms with E-state index in [2.05, 4.69) is 0 Å². The molecule has 84 valence electrons. The van der Waals surface area contributed by atoms with Crippen molar-refractivity contribution in [3.8, 4) is 6.07 Å². The molecule has 0 N–H and O–H groups in total. The predicted molar refractivity (Wildman–Crippen MR) is 59.9 cm³/mol. The van der Waals surface area contributed by atoms with Gasteiger partial charge in [0.15, 0.2) is 5.78 Å². The Labute approximate surface area is 94.1 Å². The van der Waals surface area contributed by atoms with Crippen LogP contribution in [0.1, 0.15) is 23.7 Å². The van der Waals surface area contributed by atoms with E-state index in [0.717, 1.165) is 0 Å². The highest BCUT2D eigenvalue weighted by molar-refractivity contribution is 5.99.